The molecule has 0 unspecified atom stereocenters. The van der Waals surface area contributed by atoms with Crippen molar-refractivity contribution in [2.45, 2.75) is 19.9 Å². The summed E-state index contributed by atoms with van der Waals surface area (Å²) in [6, 6.07) is -0.434. The molecule has 66 valence electrons. The molecular weight excluding hydrogens is 144 g/mol. The van der Waals surface area contributed by atoms with Crippen LogP contribution in [0, 0.1) is 0 Å². The van der Waals surface area contributed by atoms with Crippen LogP contribution < -0.4 is 11.1 Å². The molecule has 0 aromatic heterocycles. The quantitative estimate of drug-likeness (QED) is 0.532. The minimum atomic E-state index is -0.434. The van der Waals surface area contributed by atoms with Crippen molar-refractivity contribution < 1.29 is 9.53 Å². The molecule has 1 amide bonds. The molecule has 0 spiro atoms. The lowest BCUT2D eigenvalue weighted by atomic mass is 10.3. The second-order valence-corrected chi connectivity index (χ2v) is 2.28. The second kappa shape index (κ2) is 6.12. The van der Waals surface area contributed by atoms with E-state index in [-0.39, 0.29) is 5.91 Å². The second-order valence-electron chi connectivity index (χ2n) is 2.28. The molecule has 11 heavy (non-hydrogen) atoms. The SMILES string of the molecule is CCOCCNC(=O)[C@@H](C)N. The Morgan fingerprint density at radius 2 is 2.36 bits per heavy atom. The number of carbonyl (C=O) groups is 1. The van der Waals surface area contributed by atoms with E-state index < -0.39 is 6.04 Å². The van der Waals surface area contributed by atoms with Gasteiger partial charge in [-0.2, -0.15) is 0 Å². The highest BCUT2D eigenvalue weighted by molar-refractivity contribution is 5.80. The lowest BCUT2D eigenvalue weighted by Crippen LogP contribution is -2.39. The summed E-state index contributed by atoms with van der Waals surface area (Å²) in [5.41, 5.74) is 5.30. The molecule has 0 aromatic carbocycles. The minimum absolute atomic E-state index is 0.135. The van der Waals surface area contributed by atoms with Gasteiger partial charge in [-0.3, -0.25) is 4.79 Å². The van der Waals surface area contributed by atoms with E-state index in [1.807, 2.05) is 6.92 Å². The topological polar surface area (TPSA) is 64.3 Å². The minimum Gasteiger partial charge on any atom is -0.380 e. The molecule has 0 fully saturated rings. The van der Waals surface area contributed by atoms with E-state index in [0.717, 1.165) is 0 Å². The van der Waals surface area contributed by atoms with Crippen molar-refractivity contribution in [3.63, 3.8) is 0 Å². The Kier molecular flexibility index (Phi) is 5.78. The van der Waals surface area contributed by atoms with Crippen LogP contribution in [0.3, 0.4) is 0 Å². The molecule has 4 nitrogen and oxygen atoms in total. The molecule has 0 heterocycles. The van der Waals surface area contributed by atoms with Crippen LogP contribution in [-0.2, 0) is 9.53 Å². The number of hydrogen-bond acceptors (Lipinski definition) is 3. The van der Waals surface area contributed by atoms with Gasteiger partial charge in [0.25, 0.3) is 0 Å². The van der Waals surface area contributed by atoms with Crippen molar-refractivity contribution in [2.24, 2.45) is 5.73 Å². The van der Waals surface area contributed by atoms with Gasteiger partial charge in [0.1, 0.15) is 0 Å². The Balaban J connectivity index is 3.18. The molecule has 0 aliphatic carbocycles. The van der Waals surface area contributed by atoms with E-state index in [0.29, 0.717) is 19.8 Å². The lowest BCUT2D eigenvalue weighted by molar-refractivity contribution is -0.122. The van der Waals surface area contributed by atoms with Crippen molar-refractivity contribution in [3.05, 3.63) is 0 Å². The molecule has 4 heteroatoms. The van der Waals surface area contributed by atoms with Crippen LogP contribution in [-0.4, -0.2) is 31.7 Å². The predicted octanol–water partition coefficient (Wildman–Crippen LogP) is -0.514. The maximum atomic E-state index is 10.8. The highest BCUT2D eigenvalue weighted by atomic mass is 16.5. The third-order valence-electron chi connectivity index (χ3n) is 1.16. The summed E-state index contributed by atoms with van der Waals surface area (Å²) in [6.45, 7) is 5.32. The first kappa shape index (κ1) is 10.4. The Hall–Kier alpha value is -0.610. The van der Waals surface area contributed by atoms with E-state index in [4.69, 9.17) is 10.5 Å². The van der Waals surface area contributed by atoms with Crippen LogP contribution in [0.2, 0.25) is 0 Å². The van der Waals surface area contributed by atoms with E-state index in [9.17, 15) is 4.79 Å². The van der Waals surface area contributed by atoms with Crippen LogP contribution in [0.1, 0.15) is 13.8 Å². The zero-order chi connectivity index (χ0) is 8.69. The summed E-state index contributed by atoms with van der Waals surface area (Å²) in [5.74, 6) is -0.135. The summed E-state index contributed by atoms with van der Waals surface area (Å²) in [7, 11) is 0. The number of carbonyl (C=O) groups excluding carboxylic acids is 1. The third-order valence-corrected chi connectivity index (χ3v) is 1.16. The highest BCUT2D eigenvalue weighted by Gasteiger charge is 2.04. The maximum Gasteiger partial charge on any atom is 0.236 e. The van der Waals surface area contributed by atoms with Crippen LogP contribution in [0.15, 0.2) is 0 Å². The molecule has 0 rings (SSSR count). The monoisotopic (exact) mass is 160 g/mol. The molecule has 0 aliphatic rings. The van der Waals surface area contributed by atoms with Gasteiger partial charge in [0.2, 0.25) is 5.91 Å². The molecule has 1 atom stereocenters. The van der Waals surface area contributed by atoms with Crippen molar-refractivity contribution in [2.75, 3.05) is 19.8 Å². The molecular formula is C7H16N2O2. The predicted molar refractivity (Wildman–Crippen MR) is 43.2 cm³/mol. The normalized spacial score (nSPS) is 12.6. The van der Waals surface area contributed by atoms with E-state index >= 15 is 0 Å². The Bertz CT molecular complexity index is 115. The van der Waals surface area contributed by atoms with Gasteiger partial charge in [-0.15, -0.1) is 0 Å². The summed E-state index contributed by atoms with van der Waals surface area (Å²) in [6.07, 6.45) is 0. The zero-order valence-electron chi connectivity index (χ0n) is 7.09. The standard InChI is InChI=1S/C7H16N2O2/c1-3-11-5-4-9-7(10)6(2)8/h6H,3-5,8H2,1-2H3,(H,9,10)/t6-/m1/s1. The number of rotatable bonds is 5. The fourth-order valence-electron chi connectivity index (χ4n) is 0.552. The fraction of sp³-hybridized carbons (Fsp3) is 0.857. The Labute approximate surface area is 67.1 Å². The van der Waals surface area contributed by atoms with Gasteiger partial charge in [0.15, 0.2) is 0 Å². The summed E-state index contributed by atoms with van der Waals surface area (Å²) in [5, 5.41) is 2.63. The maximum absolute atomic E-state index is 10.8. The Morgan fingerprint density at radius 3 is 2.82 bits per heavy atom. The van der Waals surface area contributed by atoms with Crippen LogP contribution in [0.5, 0.6) is 0 Å². The van der Waals surface area contributed by atoms with E-state index in [1.54, 1.807) is 6.92 Å². The van der Waals surface area contributed by atoms with Gasteiger partial charge in [-0.25, -0.2) is 0 Å². The first-order valence-electron chi connectivity index (χ1n) is 3.79. The summed E-state index contributed by atoms with van der Waals surface area (Å²) < 4.78 is 5.01. The van der Waals surface area contributed by atoms with Gasteiger partial charge >= 0.3 is 0 Å². The van der Waals surface area contributed by atoms with Gasteiger partial charge in [0, 0.05) is 13.2 Å². The lowest BCUT2D eigenvalue weighted by Gasteiger charge is -2.06. The molecule has 3 N–H and O–H groups in total. The van der Waals surface area contributed by atoms with Gasteiger partial charge < -0.3 is 15.8 Å². The van der Waals surface area contributed by atoms with Crippen molar-refractivity contribution in [1.82, 2.24) is 5.32 Å². The van der Waals surface area contributed by atoms with Crippen molar-refractivity contribution in [3.8, 4) is 0 Å². The summed E-state index contributed by atoms with van der Waals surface area (Å²) in [4.78, 5) is 10.8. The van der Waals surface area contributed by atoms with Crippen molar-refractivity contribution in [1.29, 1.82) is 0 Å². The van der Waals surface area contributed by atoms with E-state index in [1.165, 1.54) is 0 Å². The average molecular weight is 160 g/mol. The zero-order valence-corrected chi connectivity index (χ0v) is 7.09. The fourth-order valence-corrected chi connectivity index (χ4v) is 0.552. The molecule has 0 aliphatic heterocycles. The van der Waals surface area contributed by atoms with Crippen LogP contribution in [0.4, 0.5) is 0 Å². The number of amides is 1. The number of ether oxygens (including phenoxy) is 1. The van der Waals surface area contributed by atoms with Gasteiger partial charge in [-0.1, -0.05) is 0 Å². The molecule has 0 bridgehead atoms. The average Bonchev–Trinajstić information content (AvgIpc) is 1.97. The molecule has 0 saturated heterocycles. The highest BCUT2D eigenvalue weighted by Crippen LogP contribution is 1.75. The first-order chi connectivity index (χ1) is 5.18. The van der Waals surface area contributed by atoms with Crippen LogP contribution >= 0.6 is 0 Å². The molecule has 0 radical (unpaired) electrons. The summed E-state index contributed by atoms with van der Waals surface area (Å²) >= 11 is 0. The largest absolute Gasteiger partial charge is 0.380 e. The Morgan fingerprint density at radius 1 is 1.73 bits per heavy atom. The van der Waals surface area contributed by atoms with Gasteiger partial charge in [-0.05, 0) is 13.8 Å². The number of nitrogens with one attached hydrogen (secondary N) is 1. The van der Waals surface area contributed by atoms with E-state index in [2.05, 4.69) is 5.32 Å². The smallest absolute Gasteiger partial charge is 0.236 e. The van der Waals surface area contributed by atoms with Crippen molar-refractivity contribution >= 4 is 5.91 Å². The van der Waals surface area contributed by atoms with Crippen LogP contribution in [0.25, 0.3) is 0 Å². The van der Waals surface area contributed by atoms with Gasteiger partial charge in [0.05, 0.1) is 12.6 Å². The molecule has 0 saturated carbocycles. The number of nitrogens with two attached hydrogens (primary N) is 1. The molecule has 0 aromatic rings. The first-order valence-corrected chi connectivity index (χ1v) is 3.79. The number of hydrogen-bond donors (Lipinski definition) is 2. The third kappa shape index (κ3) is 5.82.